The van der Waals surface area contributed by atoms with E-state index in [0.717, 1.165) is 55.5 Å². The summed E-state index contributed by atoms with van der Waals surface area (Å²) < 4.78 is 0. The molecule has 0 aromatic rings. The molecule has 2 amide bonds. The van der Waals surface area contributed by atoms with E-state index in [-0.39, 0.29) is 17.9 Å². The molecule has 7 saturated heterocycles. The van der Waals surface area contributed by atoms with Crippen molar-refractivity contribution in [1.29, 1.82) is 0 Å². The SMILES string of the molecule is CC(C)N1C(=O)C=CC1=O.CC(C)N1C2CCC1CC2.CC(C)N1CC1.CC(C)N1CCC1.CC(C)N1CCCC1.CC(C)N1CCCC1.CC(C)N1CCNC1. The van der Waals surface area contributed by atoms with Crippen LogP contribution in [0.15, 0.2) is 12.2 Å². The lowest BCUT2D eigenvalue weighted by molar-refractivity contribution is -0.138. The number of fused-ring (bicyclic) bond motifs is 2. The minimum absolute atomic E-state index is 0.0324. The molecule has 0 spiro atoms. The number of hydrogen-bond acceptors (Lipinski definition) is 9. The van der Waals surface area contributed by atoms with E-state index < -0.39 is 0 Å². The lowest BCUT2D eigenvalue weighted by atomic mass is 10.0. The molecule has 0 unspecified atom stereocenters. The van der Waals surface area contributed by atoms with Gasteiger partial charge in [-0.1, -0.05) is 0 Å². The van der Waals surface area contributed by atoms with E-state index in [4.69, 9.17) is 0 Å². The number of nitrogens with one attached hydrogen (secondary N) is 1. The number of hydrogen-bond donors (Lipinski definition) is 1. The van der Waals surface area contributed by atoms with Crippen molar-refractivity contribution in [2.24, 2.45) is 0 Å². The molecule has 0 saturated carbocycles. The zero-order valence-corrected chi connectivity index (χ0v) is 39.9. The maximum Gasteiger partial charge on any atom is 0.253 e. The minimum atomic E-state index is -0.208. The second kappa shape index (κ2) is 27.4. The largest absolute Gasteiger partial charge is 0.303 e. The van der Waals surface area contributed by atoms with Gasteiger partial charge in [-0.25, -0.2) is 0 Å². The Hall–Kier alpha value is -1.40. The molecule has 7 fully saturated rings. The Bertz CT molecular complexity index is 1010. The second-order valence-electron chi connectivity index (χ2n) is 19.3. The Labute approximate surface area is 353 Å². The lowest BCUT2D eigenvalue weighted by Crippen LogP contribution is -2.41. The molecular formula is C47H94N8O2. The number of rotatable bonds is 7. The van der Waals surface area contributed by atoms with Gasteiger partial charge in [0.05, 0.1) is 0 Å². The van der Waals surface area contributed by atoms with Crippen molar-refractivity contribution in [3.8, 4) is 0 Å². The van der Waals surface area contributed by atoms with Crippen LogP contribution in [0.1, 0.15) is 155 Å². The highest BCUT2D eigenvalue weighted by molar-refractivity contribution is 6.13. The van der Waals surface area contributed by atoms with Crippen molar-refractivity contribution in [3.05, 3.63) is 12.2 Å². The van der Waals surface area contributed by atoms with Gasteiger partial charge >= 0.3 is 0 Å². The highest BCUT2D eigenvalue weighted by Crippen LogP contribution is 2.38. The summed E-state index contributed by atoms with van der Waals surface area (Å²) in [7, 11) is 0. The van der Waals surface area contributed by atoms with Gasteiger partial charge in [-0.2, -0.15) is 0 Å². The van der Waals surface area contributed by atoms with Crippen LogP contribution < -0.4 is 5.32 Å². The average Bonchev–Trinajstić information content (AvgIpc) is 3.83. The third-order valence-electron chi connectivity index (χ3n) is 12.7. The first-order valence-electron chi connectivity index (χ1n) is 23.7. The van der Waals surface area contributed by atoms with Gasteiger partial charge in [0.15, 0.2) is 0 Å². The van der Waals surface area contributed by atoms with E-state index in [9.17, 15) is 9.59 Å². The summed E-state index contributed by atoms with van der Waals surface area (Å²) >= 11 is 0. The summed E-state index contributed by atoms with van der Waals surface area (Å²) in [6.45, 7) is 44.9. The minimum Gasteiger partial charge on any atom is -0.303 e. The Balaban J connectivity index is 0.000000231. The van der Waals surface area contributed by atoms with Crippen LogP contribution in [-0.2, 0) is 9.59 Å². The molecule has 8 aliphatic heterocycles. The van der Waals surface area contributed by atoms with Crippen molar-refractivity contribution >= 4 is 11.8 Å². The second-order valence-corrected chi connectivity index (χ2v) is 19.3. The van der Waals surface area contributed by atoms with E-state index in [0.29, 0.717) is 6.04 Å². The summed E-state index contributed by atoms with van der Waals surface area (Å²) in [4.78, 5) is 38.0. The maximum atomic E-state index is 10.8. The van der Waals surface area contributed by atoms with Crippen LogP contribution in [0.5, 0.6) is 0 Å². The smallest absolute Gasteiger partial charge is 0.253 e. The Morgan fingerprint density at radius 3 is 0.895 bits per heavy atom. The topological polar surface area (TPSA) is 68.6 Å². The molecule has 57 heavy (non-hydrogen) atoms. The monoisotopic (exact) mass is 803 g/mol. The quantitative estimate of drug-likeness (QED) is 0.210. The number of carbonyl (C=O) groups is 2. The number of imide groups is 1. The molecular weight excluding hydrogens is 709 g/mol. The Morgan fingerprint density at radius 1 is 0.421 bits per heavy atom. The van der Waals surface area contributed by atoms with Crippen LogP contribution in [0.4, 0.5) is 0 Å². The molecule has 0 aromatic heterocycles. The van der Waals surface area contributed by atoms with Gasteiger partial charge in [-0.05, 0) is 194 Å². The zero-order valence-electron chi connectivity index (χ0n) is 39.9. The van der Waals surface area contributed by atoms with Crippen LogP contribution in [-0.4, -0.2) is 173 Å². The van der Waals surface area contributed by atoms with Crippen LogP contribution in [0, 0.1) is 0 Å². The standard InChI is InChI=1S/C9H17N.C7H9NO2.2C7H15N.C6H14N2.C6H13N.C5H11N/c1-7(2)10-8-3-4-9(10)6-5-8;1-5(2)8-6(9)3-4-7(8)10;2*1-7(2)8-5-3-4-6-8;1-6(2)8-4-3-7-5-8;1-6(2)7-4-3-5-7;1-5(2)6-3-4-6/h7-9H,3-6H2,1-2H3;3-5H,1-2H3;2*7H,3-6H2,1-2H3;6-7H,3-5H2,1-2H3;6H,3-5H2,1-2H3;5H,3-4H2,1-2H3. The van der Waals surface area contributed by atoms with E-state index in [1.165, 1.54) is 134 Å². The normalized spacial score (nSPS) is 24.9. The lowest BCUT2D eigenvalue weighted by Gasteiger charge is -2.34. The molecule has 0 radical (unpaired) electrons. The predicted octanol–water partition coefficient (Wildman–Crippen LogP) is 7.39. The summed E-state index contributed by atoms with van der Waals surface area (Å²) in [5.74, 6) is -0.417. The van der Waals surface area contributed by atoms with Crippen LogP contribution in [0.25, 0.3) is 0 Å². The summed E-state index contributed by atoms with van der Waals surface area (Å²) in [6, 6.07) is 6.53. The molecule has 8 aliphatic rings. The van der Waals surface area contributed by atoms with Crippen molar-refractivity contribution in [3.63, 3.8) is 0 Å². The molecule has 0 atom stereocenters. The molecule has 10 heteroatoms. The first-order chi connectivity index (χ1) is 26.9. The fraction of sp³-hybridized carbons (Fsp3) is 0.915. The Morgan fingerprint density at radius 2 is 0.754 bits per heavy atom. The first kappa shape index (κ1) is 51.7. The van der Waals surface area contributed by atoms with Gasteiger partial charge in [-0.3, -0.25) is 29.2 Å². The summed E-state index contributed by atoms with van der Waals surface area (Å²) in [5.41, 5.74) is 0. The summed E-state index contributed by atoms with van der Waals surface area (Å²) in [6.07, 6.45) is 15.6. The molecule has 10 nitrogen and oxygen atoms in total. The molecule has 0 aliphatic carbocycles. The van der Waals surface area contributed by atoms with Crippen LogP contribution in [0.3, 0.4) is 0 Å². The molecule has 8 heterocycles. The molecule has 334 valence electrons. The fourth-order valence-electron chi connectivity index (χ4n) is 8.63. The van der Waals surface area contributed by atoms with Gasteiger partial charge in [0, 0.05) is 99.4 Å². The molecule has 1 N–H and O–H groups in total. The van der Waals surface area contributed by atoms with Crippen molar-refractivity contribution in [2.75, 3.05) is 72.1 Å². The van der Waals surface area contributed by atoms with Gasteiger partial charge in [0.25, 0.3) is 11.8 Å². The van der Waals surface area contributed by atoms with Gasteiger partial charge in [0.1, 0.15) is 0 Å². The van der Waals surface area contributed by atoms with E-state index in [1.54, 1.807) is 0 Å². The molecule has 0 aromatic carbocycles. The number of nitrogens with zero attached hydrogens (tertiary/aromatic N) is 7. The third-order valence-corrected chi connectivity index (χ3v) is 12.7. The van der Waals surface area contributed by atoms with Gasteiger partial charge in [-0.15, -0.1) is 0 Å². The van der Waals surface area contributed by atoms with Crippen molar-refractivity contribution < 1.29 is 9.59 Å². The summed E-state index contributed by atoms with van der Waals surface area (Å²) in [5, 5.41) is 3.28. The highest BCUT2D eigenvalue weighted by atomic mass is 16.2. The number of amides is 2. The maximum absolute atomic E-state index is 10.8. The fourth-order valence-corrected chi connectivity index (χ4v) is 8.63. The van der Waals surface area contributed by atoms with Crippen LogP contribution in [0.2, 0.25) is 0 Å². The van der Waals surface area contributed by atoms with Crippen LogP contribution >= 0.6 is 0 Å². The predicted molar refractivity (Wildman–Crippen MR) is 244 cm³/mol. The highest BCUT2D eigenvalue weighted by Gasteiger charge is 2.40. The molecule has 8 rings (SSSR count). The van der Waals surface area contributed by atoms with E-state index in [2.05, 4.69) is 118 Å². The molecule has 2 bridgehead atoms. The van der Waals surface area contributed by atoms with E-state index >= 15 is 0 Å². The van der Waals surface area contributed by atoms with Gasteiger partial charge < -0.3 is 20.0 Å². The van der Waals surface area contributed by atoms with E-state index in [1.807, 2.05) is 13.8 Å². The van der Waals surface area contributed by atoms with Crippen molar-refractivity contribution in [2.45, 2.75) is 209 Å². The Kier molecular flexibility index (Phi) is 24.9. The average molecular weight is 803 g/mol. The third kappa shape index (κ3) is 19.7. The van der Waals surface area contributed by atoms with Crippen molar-refractivity contribution in [1.82, 2.24) is 39.6 Å². The first-order valence-corrected chi connectivity index (χ1v) is 23.7. The zero-order chi connectivity index (χ0) is 42.7. The number of carbonyl (C=O) groups excluding carboxylic acids is 2. The van der Waals surface area contributed by atoms with Gasteiger partial charge in [0.2, 0.25) is 0 Å². The number of likely N-dealkylation sites (tertiary alicyclic amines) is 3.